The predicted octanol–water partition coefficient (Wildman–Crippen LogP) is 3.53. The van der Waals surface area contributed by atoms with Gasteiger partial charge in [0.15, 0.2) is 5.65 Å². The van der Waals surface area contributed by atoms with Crippen molar-refractivity contribution in [2.75, 3.05) is 31.1 Å². The normalized spacial score (nSPS) is 17.6. The highest BCUT2D eigenvalue weighted by Crippen LogP contribution is 2.32. The van der Waals surface area contributed by atoms with Gasteiger partial charge in [0.25, 0.3) is 0 Å². The number of hydrogen-bond acceptors (Lipinski definition) is 6. The molecule has 2 saturated heterocycles. The molecule has 184 valence electrons. The number of anilines is 1. The number of carbonyl (C=O) groups is 2. The van der Waals surface area contributed by atoms with Crippen LogP contribution in [-0.4, -0.2) is 52.6 Å². The van der Waals surface area contributed by atoms with Gasteiger partial charge in [0.1, 0.15) is 5.82 Å². The van der Waals surface area contributed by atoms with Crippen molar-refractivity contribution in [2.24, 2.45) is 11.8 Å². The van der Waals surface area contributed by atoms with Crippen LogP contribution in [0.3, 0.4) is 0 Å². The zero-order chi connectivity index (χ0) is 24.5. The average Bonchev–Trinajstić information content (AvgIpc) is 3.20. The van der Waals surface area contributed by atoms with Crippen LogP contribution in [0, 0.1) is 25.7 Å². The molecule has 0 saturated carbocycles. The van der Waals surface area contributed by atoms with E-state index < -0.39 is 0 Å². The van der Waals surface area contributed by atoms with Crippen LogP contribution < -0.4 is 15.5 Å². The zero-order valence-corrected chi connectivity index (χ0v) is 20.9. The Hall–Kier alpha value is -2.97. The van der Waals surface area contributed by atoms with E-state index in [1.807, 2.05) is 48.7 Å². The number of imide groups is 1. The van der Waals surface area contributed by atoms with E-state index in [1.54, 1.807) is 0 Å². The van der Waals surface area contributed by atoms with E-state index in [0.29, 0.717) is 31.0 Å². The molecule has 8 nitrogen and oxygen atoms in total. The van der Waals surface area contributed by atoms with Crippen molar-refractivity contribution >= 4 is 34.9 Å². The van der Waals surface area contributed by atoms with Crippen molar-refractivity contribution in [3.63, 3.8) is 0 Å². The molecule has 0 atom stereocenters. The van der Waals surface area contributed by atoms with Crippen LogP contribution in [0.2, 0.25) is 5.02 Å². The van der Waals surface area contributed by atoms with E-state index in [-0.39, 0.29) is 23.7 Å². The molecule has 0 radical (unpaired) electrons. The summed E-state index contributed by atoms with van der Waals surface area (Å²) in [6, 6.07) is 9.78. The van der Waals surface area contributed by atoms with Crippen molar-refractivity contribution in [3.05, 3.63) is 46.7 Å². The molecule has 9 heteroatoms. The van der Waals surface area contributed by atoms with Crippen molar-refractivity contribution < 1.29 is 9.59 Å². The first kappa shape index (κ1) is 23.8. The van der Waals surface area contributed by atoms with Gasteiger partial charge in [-0.3, -0.25) is 14.9 Å². The molecule has 2 N–H and O–H groups in total. The fourth-order valence-corrected chi connectivity index (χ4v) is 5.31. The number of nitrogens with one attached hydrogen (secondary N) is 2. The molecule has 4 heterocycles. The molecular formula is C26H31ClN6O2. The Balaban J connectivity index is 1.32. The van der Waals surface area contributed by atoms with Crippen LogP contribution in [0.5, 0.6) is 0 Å². The largest absolute Gasteiger partial charge is 0.356 e. The van der Waals surface area contributed by atoms with Crippen LogP contribution in [0.4, 0.5) is 5.82 Å². The van der Waals surface area contributed by atoms with E-state index in [4.69, 9.17) is 21.7 Å². The Kier molecular flexibility index (Phi) is 6.75. The Morgan fingerprint density at radius 3 is 2.29 bits per heavy atom. The van der Waals surface area contributed by atoms with Gasteiger partial charge in [-0.15, -0.1) is 0 Å². The Labute approximate surface area is 210 Å². The zero-order valence-electron chi connectivity index (χ0n) is 20.2. The third kappa shape index (κ3) is 4.90. The smallest absolute Gasteiger partial charge is 0.229 e. The van der Waals surface area contributed by atoms with Gasteiger partial charge in [-0.2, -0.15) is 9.61 Å². The van der Waals surface area contributed by atoms with Crippen LogP contribution in [0.15, 0.2) is 30.3 Å². The summed E-state index contributed by atoms with van der Waals surface area (Å²) in [4.78, 5) is 32.3. The molecule has 2 aliphatic heterocycles. The van der Waals surface area contributed by atoms with E-state index in [1.165, 1.54) is 0 Å². The number of fused-ring (bicyclic) bond motifs is 1. The first-order chi connectivity index (χ1) is 16.9. The summed E-state index contributed by atoms with van der Waals surface area (Å²) >= 11 is 6.09. The van der Waals surface area contributed by atoms with Gasteiger partial charge < -0.3 is 10.2 Å². The van der Waals surface area contributed by atoms with Crippen LogP contribution >= 0.6 is 11.6 Å². The van der Waals surface area contributed by atoms with E-state index in [2.05, 4.69) is 15.5 Å². The van der Waals surface area contributed by atoms with Gasteiger partial charge in [0.2, 0.25) is 11.8 Å². The van der Waals surface area contributed by atoms with Gasteiger partial charge in [-0.25, -0.2) is 4.98 Å². The van der Waals surface area contributed by atoms with Crippen LogP contribution in [-0.2, 0) is 9.59 Å². The summed E-state index contributed by atoms with van der Waals surface area (Å²) in [5.74, 6) is 0.502. The van der Waals surface area contributed by atoms with Gasteiger partial charge in [-0.05, 0) is 70.3 Å². The van der Waals surface area contributed by atoms with Crippen molar-refractivity contribution in [3.8, 4) is 11.1 Å². The van der Waals surface area contributed by atoms with Crippen LogP contribution in [0.1, 0.15) is 37.1 Å². The molecule has 2 amide bonds. The number of piperidine rings is 2. The second-order valence-corrected chi connectivity index (χ2v) is 10.0. The lowest BCUT2D eigenvalue weighted by Gasteiger charge is -2.33. The maximum absolute atomic E-state index is 12.8. The second-order valence-electron chi connectivity index (χ2n) is 9.60. The highest BCUT2D eigenvalue weighted by molar-refractivity contribution is 6.30. The fourth-order valence-electron chi connectivity index (χ4n) is 5.19. The summed E-state index contributed by atoms with van der Waals surface area (Å²) in [7, 11) is 0. The van der Waals surface area contributed by atoms with E-state index in [9.17, 15) is 9.59 Å². The number of amides is 2. The third-order valence-electron chi connectivity index (χ3n) is 7.15. The number of aryl methyl sites for hydroxylation is 2. The van der Waals surface area contributed by atoms with Gasteiger partial charge in [-0.1, -0.05) is 23.7 Å². The molecule has 35 heavy (non-hydrogen) atoms. The predicted molar refractivity (Wildman–Crippen MR) is 137 cm³/mol. The number of hydrogen-bond donors (Lipinski definition) is 2. The lowest BCUT2D eigenvalue weighted by Crippen LogP contribution is -2.46. The molecule has 3 aromatic rings. The van der Waals surface area contributed by atoms with E-state index >= 15 is 0 Å². The molecule has 2 aromatic heterocycles. The topological polar surface area (TPSA) is 91.6 Å². The molecule has 2 fully saturated rings. The van der Waals surface area contributed by atoms with Gasteiger partial charge in [0.05, 0.1) is 5.69 Å². The summed E-state index contributed by atoms with van der Waals surface area (Å²) in [5.41, 5.74) is 4.65. The maximum Gasteiger partial charge on any atom is 0.229 e. The fraction of sp³-hybridized carbons (Fsp3) is 0.462. The number of benzene rings is 1. The number of aromatic nitrogens is 3. The van der Waals surface area contributed by atoms with Crippen molar-refractivity contribution in [1.82, 2.24) is 25.2 Å². The first-order valence-corrected chi connectivity index (χ1v) is 12.7. The van der Waals surface area contributed by atoms with E-state index in [0.717, 1.165) is 59.9 Å². The van der Waals surface area contributed by atoms with Crippen molar-refractivity contribution in [1.29, 1.82) is 0 Å². The monoisotopic (exact) mass is 494 g/mol. The SMILES string of the molecule is Cc1cc(N2CCC(C(=O)NC(=O)C3CCNCC3)CC2)n2nc(C)c(-c3ccc(Cl)cc3)c2n1. The summed E-state index contributed by atoms with van der Waals surface area (Å²) < 4.78 is 1.91. The third-order valence-corrected chi connectivity index (χ3v) is 7.40. The first-order valence-electron chi connectivity index (χ1n) is 12.3. The highest BCUT2D eigenvalue weighted by Gasteiger charge is 2.30. The highest BCUT2D eigenvalue weighted by atomic mass is 35.5. The minimum absolute atomic E-state index is 0.0637. The molecule has 0 unspecified atom stereocenters. The summed E-state index contributed by atoms with van der Waals surface area (Å²) in [6.07, 6.45) is 2.96. The standard InChI is InChI=1S/C26H31ClN6O2/c1-16-15-22(33-24(29-16)23(17(2)31-33)18-3-5-21(27)6-4-18)32-13-9-20(10-14-32)26(35)30-25(34)19-7-11-28-12-8-19/h3-6,15,19-20,28H,7-14H2,1-2H3,(H,30,34,35). The molecule has 2 aliphatic rings. The quantitative estimate of drug-likeness (QED) is 0.539. The number of halogens is 1. The number of carbonyl (C=O) groups excluding carboxylic acids is 2. The van der Waals surface area contributed by atoms with Crippen LogP contribution in [0.25, 0.3) is 16.8 Å². The minimum atomic E-state index is -0.153. The molecule has 1 aromatic carbocycles. The lowest BCUT2D eigenvalue weighted by atomic mass is 9.94. The summed E-state index contributed by atoms with van der Waals surface area (Å²) in [6.45, 7) is 7.08. The number of nitrogens with zero attached hydrogens (tertiary/aromatic N) is 4. The van der Waals surface area contributed by atoms with Gasteiger partial charge in [0, 0.05) is 47.3 Å². The molecule has 0 spiro atoms. The Bertz CT molecular complexity index is 1240. The lowest BCUT2D eigenvalue weighted by molar-refractivity contribution is -0.135. The molecule has 0 aliphatic carbocycles. The van der Waals surface area contributed by atoms with Gasteiger partial charge >= 0.3 is 0 Å². The number of rotatable bonds is 4. The Morgan fingerprint density at radius 1 is 1.00 bits per heavy atom. The summed E-state index contributed by atoms with van der Waals surface area (Å²) in [5, 5.41) is 11.5. The molecular weight excluding hydrogens is 464 g/mol. The average molecular weight is 495 g/mol. The van der Waals surface area contributed by atoms with Crippen molar-refractivity contribution in [2.45, 2.75) is 39.5 Å². The minimum Gasteiger partial charge on any atom is -0.356 e. The molecule has 0 bridgehead atoms. The second kappa shape index (κ2) is 9.95. The Morgan fingerprint density at radius 2 is 1.63 bits per heavy atom. The maximum atomic E-state index is 12.8. The molecule has 5 rings (SSSR count).